The van der Waals surface area contributed by atoms with Crippen molar-refractivity contribution in [1.82, 2.24) is 10.6 Å². The molecule has 2 atom stereocenters. The number of hydrogen-bond donors (Lipinski definition) is 2. The van der Waals surface area contributed by atoms with Gasteiger partial charge >= 0.3 is 0 Å². The van der Waals surface area contributed by atoms with E-state index in [1.807, 2.05) is 37.3 Å². The van der Waals surface area contributed by atoms with Crippen LogP contribution in [0, 0.1) is 5.92 Å². The minimum Gasteiger partial charge on any atom is -0.355 e. The van der Waals surface area contributed by atoms with Crippen LogP contribution in [0.2, 0.25) is 0 Å². The molecule has 2 N–H and O–H groups in total. The fourth-order valence-corrected chi connectivity index (χ4v) is 2.39. The molecule has 19 heavy (non-hydrogen) atoms. The molecule has 0 bridgehead atoms. The predicted molar refractivity (Wildman–Crippen MR) is 80.7 cm³/mol. The normalized spacial score (nSPS) is 20.2. The minimum absolute atomic E-state index is 0. The average Bonchev–Trinajstić information content (AvgIpc) is 2.46. The van der Waals surface area contributed by atoms with E-state index < -0.39 is 0 Å². The molecule has 1 aliphatic rings. The molecule has 1 amide bonds. The molecule has 1 heterocycles. The van der Waals surface area contributed by atoms with Crippen molar-refractivity contribution in [3.63, 3.8) is 0 Å². The summed E-state index contributed by atoms with van der Waals surface area (Å²) >= 11 is 0. The first-order chi connectivity index (χ1) is 8.77. The van der Waals surface area contributed by atoms with Crippen molar-refractivity contribution in [2.24, 2.45) is 5.92 Å². The molecule has 106 valence electrons. The Morgan fingerprint density at radius 2 is 2.16 bits per heavy atom. The van der Waals surface area contributed by atoms with Gasteiger partial charge in [0.2, 0.25) is 5.91 Å². The summed E-state index contributed by atoms with van der Waals surface area (Å²) in [6.45, 7) is 4.90. The first-order valence-corrected chi connectivity index (χ1v) is 6.80. The van der Waals surface area contributed by atoms with Gasteiger partial charge in [-0.3, -0.25) is 4.79 Å². The van der Waals surface area contributed by atoms with Gasteiger partial charge in [-0.1, -0.05) is 30.3 Å². The van der Waals surface area contributed by atoms with Gasteiger partial charge in [0.1, 0.15) is 0 Å². The lowest BCUT2D eigenvalue weighted by molar-refractivity contribution is -0.122. The van der Waals surface area contributed by atoms with Gasteiger partial charge in [0.25, 0.3) is 0 Å². The van der Waals surface area contributed by atoms with E-state index in [2.05, 4.69) is 10.6 Å². The Hall–Kier alpha value is -1.06. The van der Waals surface area contributed by atoms with Crippen LogP contribution in [-0.4, -0.2) is 25.5 Å². The van der Waals surface area contributed by atoms with Gasteiger partial charge in [0, 0.05) is 6.54 Å². The quantitative estimate of drug-likeness (QED) is 0.890. The monoisotopic (exact) mass is 282 g/mol. The predicted octanol–water partition coefficient (Wildman–Crippen LogP) is 2.33. The summed E-state index contributed by atoms with van der Waals surface area (Å²) in [7, 11) is 0. The molecule has 1 aromatic carbocycles. The summed E-state index contributed by atoms with van der Waals surface area (Å²) in [5, 5.41) is 6.44. The maximum atomic E-state index is 12.1. The maximum absolute atomic E-state index is 12.1. The van der Waals surface area contributed by atoms with E-state index in [9.17, 15) is 4.79 Å². The smallest absolute Gasteiger partial charge is 0.227 e. The van der Waals surface area contributed by atoms with Crippen LogP contribution in [0.25, 0.3) is 0 Å². The van der Waals surface area contributed by atoms with Gasteiger partial charge in [-0.25, -0.2) is 0 Å². The molecule has 1 aromatic rings. The van der Waals surface area contributed by atoms with E-state index in [0.29, 0.717) is 5.92 Å². The van der Waals surface area contributed by atoms with Crippen LogP contribution in [0.4, 0.5) is 0 Å². The Labute approximate surface area is 121 Å². The van der Waals surface area contributed by atoms with Crippen molar-refractivity contribution in [2.45, 2.75) is 25.7 Å². The van der Waals surface area contributed by atoms with Crippen LogP contribution in [0.1, 0.15) is 31.2 Å². The Morgan fingerprint density at radius 1 is 1.42 bits per heavy atom. The fourth-order valence-electron chi connectivity index (χ4n) is 2.39. The standard InChI is InChI=1S/C15H22N2O.ClH/c1-12(14-7-3-2-4-8-14)15(18)17-11-13-6-5-9-16-10-13;/h2-4,7-8,12-13,16H,5-6,9-11H2,1H3,(H,17,18);1H. The van der Waals surface area contributed by atoms with E-state index >= 15 is 0 Å². The molecule has 1 saturated heterocycles. The van der Waals surface area contributed by atoms with Crippen LogP contribution in [0.3, 0.4) is 0 Å². The molecule has 0 radical (unpaired) electrons. The lowest BCUT2D eigenvalue weighted by atomic mass is 9.98. The summed E-state index contributed by atoms with van der Waals surface area (Å²) in [5.41, 5.74) is 1.08. The van der Waals surface area contributed by atoms with E-state index in [-0.39, 0.29) is 24.2 Å². The zero-order valence-corrected chi connectivity index (χ0v) is 12.2. The lowest BCUT2D eigenvalue weighted by Gasteiger charge is -2.23. The number of amides is 1. The van der Waals surface area contributed by atoms with Gasteiger partial charge in [-0.2, -0.15) is 0 Å². The van der Waals surface area contributed by atoms with Crippen LogP contribution in [0.15, 0.2) is 30.3 Å². The van der Waals surface area contributed by atoms with Crippen molar-refractivity contribution < 1.29 is 4.79 Å². The van der Waals surface area contributed by atoms with Gasteiger partial charge < -0.3 is 10.6 Å². The summed E-state index contributed by atoms with van der Waals surface area (Å²) in [4.78, 5) is 12.1. The van der Waals surface area contributed by atoms with Crippen LogP contribution < -0.4 is 10.6 Å². The van der Waals surface area contributed by atoms with Gasteiger partial charge in [0.05, 0.1) is 5.92 Å². The molecule has 0 spiro atoms. The molecule has 0 aliphatic carbocycles. The first-order valence-electron chi connectivity index (χ1n) is 6.80. The van der Waals surface area contributed by atoms with Crippen molar-refractivity contribution in [2.75, 3.05) is 19.6 Å². The van der Waals surface area contributed by atoms with Crippen molar-refractivity contribution in [1.29, 1.82) is 0 Å². The zero-order chi connectivity index (χ0) is 12.8. The second-order valence-corrected chi connectivity index (χ2v) is 5.09. The summed E-state index contributed by atoms with van der Waals surface area (Å²) in [5.74, 6) is 0.653. The Bertz CT molecular complexity index is 377. The van der Waals surface area contributed by atoms with E-state index in [1.165, 1.54) is 12.8 Å². The highest BCUT2D eigenvalue weighted by Gasteiger charge is 2.17. The molecule has 1 fully saturated rings. The first kappa shape index (κ1) is 16.0. The van der Waals surface area contributed by atoms with Crippen LogP contribution in [0.5, 0.6) is 0 Å². The molecule has 3 nitrogen and oxygen atoms in total. The number of hydrogen-bond acceptors (Lipinski definition) is 2. The molecule has 0 aromatic heterocycles. The van der Waals surface area contributed by atoms with E-state index in [0.717, 1.165) is 25.2 Å². The number of rotatable bonds is 4. The number of nitrogens with one attached hydrogen (secondary N) is 2. The van der Waals surface area contributed by atoms with Gasteiger partial charge in [-0.05, 0) is 44.3 Å². The molecule has 2 rings (SSSR count). The largest absolute Gasteiger partial charge is 0.355 e. The molecular weight excluding hydrogens is 260 g/mol. The maximum Gasteiger partial charge on any atom is 0.227 e. The molecular formula is C15H23ClN2O. The zero-order valence-electron chi connectivity index (χ0n) is 11.4. The van der Waals surface area contributed by atoms with Crippen molar-refractivity contribution in [3.05, 3.63) is 35.9 Å². The van der Waals surface area contributed by atoms with E-state index in [1.54, 1.807) is 0 Å². The Balaban J connectivity index is 0.00000180. The summed E-state index contributed by atoms with van der Waals surface area (Å²) in [6, 6.07) is 9.94. The third-order valence-corrected chi connectivity index (χ3v) is 3.66. The Kier molecular flexibility index (Phi) is 6.89. The van der Waals surface area contributed by atoms with Crippen LogP contribution in [-0.2, 0) is 4.79 Å². The van der Waals surface area contributed by atoms with Crippen molar-refractivity contribution >= 4 is 18.3 Å². The fraction of sp³-hybridized carbons (Fsp3) is 0.533. The number of carbonyl (C=O) groups excluding carboxylic acids is 1. The van der Waals surface area contributed by atoms with Crippen LogP contribution >= 0.6 is 12.4 Å². The second-order valence-electron chi connectivity index (χ2n) is 5.09. The third kappa shape index (κ3) is 4.84. The molecule has 4 heteroatoms. The second kappa shape index (κ2) is 8.18. The molecule has 0 saturated carbocycles. The molecule has 1 aliphatic heterocycles. The summed E-state index contributed by atoms with van der Waals surface area (Å²) in [6.07, 6.45) is 2.43. The van der Waals surface area contributed by atoms with Crippen molar-refractivity contribution in [3.8, 4) is 0 Å². The third-order valence-electron chi connectivity index (χ3n) is 3.66. The topological polar surface area (TPSA) is 41.1 Å². The molecule has 2 unspecified atom stereocenters. The Morgan fingerprint density at radius 3 is 2.79 bits per heavy atom. The summed E-state index contributed by atoms with van der Waals surface area (Å²) < 4.78 is 0. The van der Waals surface area contributed by atoms with E-state index in [4.69, 9.17) is 0 Å². The van der Waals surface area contributed by atoms with Gasteiger partial charge in [0.15, 0.2) is 0 Å². The number of carbonyl (C=O) groups is 1. The average molecular weight is 283 g/mol. The highest BCUT2D eigenvalue weighted by Crippen LogP contribution is 2.15. The highest BCUT2D eigenvalue weighted by atomic mass is 35.5. The minimum atomic E-state index is -0.0669. The SMILES string of the molecule is CC(C(=O)NCC1CCCNC1)c1ccccc1.Cl. The number of piperidine rings is 1. The number of benzene rings is 1. The lowest BCUT2D eigenvalue weighted by Crippen LogP contribution is -2.39. The van der Waals surface area contributed by atoms with Gasteiger partial charge in [-0.15, -0.1) is 12.4 Å². The number of halogens is 1. The highest BCUT2D eigenvalue weighted by molar-refractivity contribution is 5.85.